The first-order valence-corrected chi connectivity index (χ1v) is 44.3. The van der Waals surface area contributed by atoms with Gasteiger partial charge < -0.3 is 67.0 Å². The fourth-order valence-electron chi connectivity index (χ4n) is 16.0. The first kappa shape index (κ1) is 93.7. The van der Waals surface area contributed by atoms with E-state index in [-0.39, 0.29) is 95.7 Å². The summed E-state index contributed by atoms with van der Waals surface area (Å²) in [5.41, 5.74) is 16.9. The lowest BCUT2D eigenvalue weighted by Crippen LogP contribution is -2.54. The van der Waals surface area contributed by atoms with Crippen LogP contribution in [0.2, 0.25) is 0 Å². The van der Waals surface area contributed by atoms with Crippen LogP contribution in [-0.2, 0) is 58.4 Å². The molecular weight excluding hydrogens is 1760 g/mol. The number of aromatic nitrogens is 10. The quantitative estimate of drug-likeness (QED) is 0.0130. The molecule has 0 radical (unpaired) electrons. The largest absolute Gasteiger partial charge is 0.497 e. The molecule has 6 aliphatic rings. The summed E-state index contributed by atoms with van der Waals surface area (Å²) in [6.07, 6.45) is 17.2. The molecule has 6 aromatic carbocycles. The van der Waals surface area contributed by atoms with Crippen LogP contribution in [-0.4, -0.2) is 209 Å². The summed E-state index contributed by atoms with van der Waals surface area (Å²) in [7, 11) is 5.38. The highest BCUT2D eigenvalue weighted by Gasteiger charge is 2.48. The number of imide groups is 4. The van der Waals surface area contributed by atoms with Gasteiger partial charge in [-0.15, -0.1) is 10.2 Å². The summed E-state index contributed by atoms with van der Waals surface area (Å²) in [5, 5.41) is 54.0. The van der Waals surface area contributed by atoms with Gasteiger partial charge in [0.15, 0.2) is 0 Å². The van der Waals surface area contributed by atoms with Crippen LogP contribution in [0.5, 0.6) is 23.0 Å². The minimum Gasteiger partial charge on any atom is -0.497 e. The Labute approximate surface area is 784 Å². The molecule has 137 heavy (non-hydrogen) atoms. The number of halogens is 1. The van der Waals surface area contributed by atoms with Crippen LogP contribution >= 0.6 is 0 Å². The number of hydrogen-bond acceptors (Lipinski definition) is 29. The number of hydrogen-bond donors (Lipinski definition) is 11. The molecule has 18 rings (SSSR count). The van der Waals surface area contributed by atoms with Crippen LogP contribution in [0, 0.1) is 0 Å². The molecule has 6 aromatic heterocycles. The smallest absolute Gasteiger partial charge is 0.354 e. The molecule has 40 heteroatoms. The number of aromatic carboxylic acids is 1. The molecule has 2 atom stereocenters. The van der Waals surface area contributed by atoms with Gasteiger partial charge in [0.2, 0.25) is 23.6 Å². The fraction of sp³-hybridized carbons (Fsp3) is 0.299. The van der Waals surface area contributed by atoms with Crippen molar-refractivity contribution in [2.45, 2.75) is 140 Å². The van der Waals surface area contributed by atoms with Gasteiger partial charge in [-0.05, 0) is 155 Å². The second kappa shape index (κ2) is 43.4. The first-order valence-electron chi connectivity index (χ1n) is 45.0. The Bertz CT molecular complexity index is 6640. The van der Waals surface area contributed by atoms with Gasteiger partial charge in [-0.1, -0.05) is 59.0 Å². The molecule has 0 spiro atoms. The first-order chi connectivity index (χ1) is 66.9. The van der Waals surface area contributed by atoms with E-state index in [9.17, 15) is 67.0 Å². The maximum Gasteiger partial charge on any atom is 0.354 e. The maximum absolute atomic E-state index is 13.5. The number of carbonyl (C=O) groups is 12. The van der Waals surface area contributed by atoms with Crippen LogP contribution in [0.4, 0.5) is 27.1 Å². The van der Waals surface area contributed by atoms with Gasteiger partial charge >= 0.3 is 5.97 Å². The van der Waals surface area contributed by atoms with Crippen molar-refractivity contribution < 1.29 is 87.3 Å². The third kappa shape index (κ3) is 22.2. The number of nitrogens with zero attached hydrogens (tertiary/aromatic N) is 12. The van der Waals surface area contributed by atoms with Gasteiger partial charge in [0, 0.05) is 139 Å². The van der Waals surface area contributed by atoms with Crippen molar-refractivity contribution in [2.75, 3.05) is 69.9 Å². The Balaban J connectivity index is 0.000000171. The van der Waals surface area contributed by atoms with Crippen molar-refractivity contribution in [3.05, 3.63) is 238 Å². The van der Waals surface area contributed by atoms with E-state index in [1.54, 1.807) is 111 Å². The summed E-state index contributed by atoms with van der Waals surface area (Å²) in [4.78, 5) is 171. The highest BCUT2D eigenvalue weighted by Crippen LogP contribution is 2.42. The van der Waals surface area contributed by atoms with Gasteiger partial charge in [-0.2, -0.15) is 0 Å². The molecule has 706 valence electrons. The number of nitrogens with two attached hydrogens (primary N) is 1. The van der Waals surface area contributed by atoms with Crippen molar-refractivity contribution in [3.8, 4) is 45.3 Å². The zero-order chi connectivity index (χ0) is 97.2. The predicted molar refractivity (Wildman–Crippen MR) is 499 cm³/mol. The lowest BCUT2D eigenvalue weighted by Gasteiger charge is -2.27. The molecule has 4 fully saturated rings. The Morgan fingerprint density at radius 3 is 1.32 bits per heavy atom. The van der Waals surface area contributed by atoms with Crippen molar-refractivity contribution in [1.29, 1.82) is 0 Å². The van der Waals surface area contributed by atoms with Crippen LogP contribution in [0.1, 0.15) is 184 Å². The third-order valence-corrected chi connectivity index (χ3v) is 23.5. The normalized spacial score (nSPS) is 15.3. The molecule has 11 amide bonds. The molecule has 2 saturated carbocycles. The van der Waals surface area contributed by atoms with Crippen molar-refractivity contribution >= 4 is 116 Å². The van der Waals surface area contributed by atoms with Gasteiger partial charge in [-0.3, -0.25) is 102 Å². The zero-order valence-electron chi connectivity index (χ0n) is 76.1. The topological polar surface area (TPSA) is 516 Å². The number of alkyl halides is 1. The van der Waals surface area contributed by atoms with E-state index in [0.29, 0.717) is 142 Å². The molecule has 39 nitrogen and oxygen atoms in total. The Morgan fingerprint density at radius 1 is 0.489 bits per heavy atom. The molecule has 0 bridgehead atoms. The third-order valence-electron chi connectivity index (χ3n) is 23.5. The van der Waals surface area contributed by atoms with Crippen LogP contribution < -0.4 is 72.5 Å². The number of anilines is 4. The molecule has 2 unspecified atom stereocenters. The van der Waals surface area contributed by atoms with Gasteiger partial charge in [-0.25, -0.2) is 9.78 Å². The summed E-state index contributed by atoms with van der Waals surface area (Å²) in [6, 6.07) is 37.5. The fourth-order valence-corrected chi connectivity index (χ4v) is 16.0. The van der Waals surface area contributed by atoms with Crippen LogP contribution in [0.15, 0.2) is 171 Å². The number of aryl methyl sites for hydroxylation is 2. The highest BCUT2D eigenvalue weighted by atomic mass is 19.1. The van der Waals surface area contributed by atoms with E-state index in [2.05, 4.69) is 88.4 Å². The van der Waals surface area contributed by atoms with E-state index in [0.717, 1.165) is 88.3 Å². The number of rotatable bonds is 35. The minimum absolute atomic E-state index is 0.0368. The van der Waals surface area contributed by atoms with Crippen LogP contribution in [0.3, 0.4) is 0 Å². The maximum atomic E-state index is 13.5. The average molecular weight is 1870 g/mol. The van der Waals surface area contributed by atoms with E-state index in [1.807, 2.05) is 79.0 Å². The van der Waals surface area contributed by atoms with Gasteiger partial charge in [0.25, 0.3) is 41.4 Å². The molecule has 12 aromatic rings. The lowest BCUT2D eigenvalue weighted by molar-refractivity contribution is -0.137. The number of piperidine rings is 2. The van der Waals surface area contributed by atoms with E-state index in [4.69, 9.17) is 26.1 Å². The minimum atomic E-state index is -1.10. The molecule has 4 aliphatic heterocycles. The molecule has 2 saturated heterocycles. The predicted octanol–water partition coefficient (Wildman–Crippen LogP) is 9.77. The number of ether oxygens (including phenoxy) is 4. The standard InChI is InChI=1S/C48H47N11O8.C28H26N4O5.C20H23N7O4.CH3F/c1-66-31-13-8-27(9-14-31)22-53-43-34-20-33(40(67-2)21-38(34)52-25-35(43)44(61)54-29-11-12-29)28-10-15-37(50-23-28)45(62)49-18-3-4-19-58-26-30(56-57-58)24-51-36-7-5-6-32-42(36)48(65)59(47(32)64)39-16-17-41(60)55-46(39)63;1-36-19-8-3-16(4-9-19)13-31-26-21-11-20(17-5-10-23(28(34)35)29-14-17)25(37-2)12-24(21)30-15-22(26)27(33)32-18-6-7-18;21-8-1-2-9-26-11-12(24-25-26)10-22-14-5-3-4-13-17(14)20(31)27(19(13)30)15-6-7-16(28)23-18(15)29;1-2/h5-10,13-15,20-21,23,25-26,29,39,51H,3-4,11-12,16-19,22,24H2,1-2H3,(H,49,62)(H,52,53)(H,54,61)(H,55,60,63);3-5,8-12,14-15,18H,6-7,13H2,1-2H3,(H,30,31)(H,32,33)(H,34,35);3-5,11,15,22H,1-2,6-10,21H2,(H,23,28,29);1H3/i;;;1D. The van der Waals surface area contributed by atoms with Gasteiger partial charge in [0.1, 0.15) is 57.9 Å². The Hall–Kier alpha value is -16.6. The molecule has 12 N–H and O–H groups in total. The number of unbranched alkanes of at least 4 members (excludes halogenated alkanes) is 2. The van der Waals surface area contributed by atoms with Crippen molar-refractivity contribution in [3.63, 3.8) is 0 Å². The Kier molecular flexibility index (Phi) is 29.7. The monoisotopic (exact) mass is 1860 g/mol. The number of carboxylic acids is 1. The number of nitrogens with one attached hydrogen (secondary N) is 9. The second-order valence-corrected chi connectivity index (χ2v) is 32.8. The zero-order valence-corrected chi connectivity index (χ0v) is 75.1. The van der Waals surface area contributed by atoms with E-state index >= 15 is 0 Å². The van der Waals surface area contributed by atoms with E-state index in [1.165, 1.54) is 18.3 Å². The Morgan fingerprint density at radius 2 is 0.927 bits per heavy atom. The molecular formula is C97H99FN22O17. The van der Waals surface area contributed by atoms with Crippen molar-refractivity contribution in [2.24, 2.45) is 5.73 Å². The number of pyridine rings is 4. The van der Waals surface area contributed by atoms with E-state index < -0.39 is 72.5 Å². The summed E-state index contributed by atoms with van der Waals surface area (Å²) < 4.78 is 40.9. The summed E-state index contributed by atoms with van der Waals surface area (Å²) in [6.45, 7) is 3.75. The molecule has 10 heterocycles. The number of carboxylic acid groups (broad SMARTS) is 1. The number of benzene rings is 6. The SMILES string of the molecule is COc1ccc(CNc2c(C(=O)NC3CC3)cnc3cc(OC)c(-c4ccc(C(=O)NCCCCn5cc(CNc6cccc7c6C(=O)N(C6CCC(=O)NC6=O)C7=O)nn5)nc4)cc23)cc1.COc1ccc(CNc2c(C(=O)NC3CC3)cnc3cc(OC)c(-c4ccc(C(=O)O)nc4)cc23)cc1.NCCCCn1cc(CNc2cccc3c2C(=O)N(C2CCC(=O)NC2=O)C3=O)nn1.[2H]CF. The summed E-state index contributed by atoms with van der Waals surface area (Å²) in [5.74, 6) is -3.59. The van der Waals surface area contributed by atoms with Crippen LogP contribution in [0.25, 0.3) is 44.1 Å². The average Bonchev–Trinajstić information content (AvgIpc) is 1.62. The highest BCUT2D eigenvalue weighted by molar-refractivity contribution is 6.27. The number of fused-ring (bicyclic) bond motifs is 4. The lowest BCUT2D eigenvalue weighted by atomic mass is 10.00. The number of methoxy groups -OCH3 is 4. The number of carbonyl (C=O) groups excluding carboxylic acids is 11. The molecule has 2 aliphatic carbocycles. The second-order valence-electron chi connectivity index (χ2n) is 32.8. The summed E-state index contributed by atoms with van der Waals surface area (Å²) >= 11 is 0. The van der Waals surface area contributed by atoms with Gasteiger partial charge in [0.05, 0.1) is 118 Å². The number of amides is 11. The van der Waals surface area contributed by atoms with Crippen molar-refractivity contribution in [1.82, 2.24) is 86.3 Å².